The molecule has 0 radical (unpaired) electrons. The minimum atomic E-state index is -1.32. The molecule has 2 heterocycles. The Labute approximate surface area is 491 Å². The standard InChI is InChI=1S/C25H28O2.C24H27FN2O2.C22H24FN3O2/c1-15-12-21-22(25(4,5)11-10-24(21,2)3)14-20(15)19-9-6-16-13-17(23(26)27)7-8-18(16)19;1-13-9-16-17(24(5,6)8-7-23(16,3)4)11-20(13)27-14(2)26-19-10-15(22(28)29)18(25)12-21(19)27;1-12-8-14-15(22(4,5)7-6-21(14,2)3)10-18(12)26-19-11-16(23)13(20(27)28)9-17(19)24-25-26/h7-9,12-14H,6,10-11H2,1-5H3,(H,26,27);9-12H,7-8H2,1-6H3,(H,28,29);8-11H,6-7H2,1-5H3,(H,27,28). The number of imidazole rings is 1. The molecule has 0 atom stereocenters. The fourth-order valence-electron chi connectivity index (χ4n) is 13.6. The lowest BCUT2D eigenvalue weighted by Crippen LogP contribution is -2.34. The number of halogens is 2. The Balaban J connectivity index is 0.000000140. The predicted octanol–water partition coefficient (Wildman–Crippen LogP) is 16.8. The molecule has 0 spiro atoms. The monoisotopic (exact) mass is 1140 g/mol. The Morgan fingerprint density at radius 3 is 1.39 bits per heavy atom. The number of hydrogen-bond acceptors (Lipinski definition) is 6. The van der Waals surface area contributed by atoms with E-state index < -0.39 is 35.1 Å². The Morgan fingerprint density at radius 2 is 0.905 bits per heavy atom. The number of rotatable bonds is 6. The summed E-state index contributed by atoms with van der Waals surface area (Å²) < 4.78 is 32.3. The van der Waals surface area contributed by atoms with Gasteiger partial charge in [0.05, 0.1) is 44.6 Å². The molecule has 4 aliphatic carbocycles. The maximum atomic E-state index is 14.5. The number of carbonyl (C=O) groups is 3. The highest BCUT2D eigenvalue weighted by atomic mass is 19.1. The van der Waals surface area contributed by atoms with Crippen LogP contribution in [0.1, 0.15) is 225 Å². The van der Waals surface area contributed by atoms with Crippen LogP contribution in [0.4, 0.5) is 8.78 Å². The largest absolute Gasteiger partial charge is 0.478 e. The maximum Gasteiger partial charge on any atom is 0.338 e. The minimum Gasteiger partial charge on any atom is -0.478 e. The lowest BCUT2D eigenvalue weighted by atomic mass is 9.62. The van der Waals surface area contributed by atoms with Crippen molar-refractivity contribution >= 4 is 45.5 Å². The molecule has 0 unspecified atom stereocenters. The molecule has 0 fully saturated rings. The zero-order chi connectivity index (χ0) is 61.3. The van der Waals surface area contributed by atoms with Gasteiger partial charge in [-0.1, -0.05) is 125 Å². The van der Waals surface area contributed by atoms with Gasteiger partial charge in [-0.3, -0.25) is 4.57 Å². The van der Waals surface area contributed by atoms with Gasteiger partial charge in [0, 0.05) is 12.1 Å². The summed E-state index contributed by atoms with van der Waals surface area (Å²) in [6.45, 7) is 35.8. The highest BCUT2D eigenvalue weighted by Crippen LogP contribution is 2.51. The maximum absolute atomic E-state index is 14.5. The summed E-state index contributed by atoms with van der Waals surface area (Å²) in [5.41, 5.74) is 20.5. The van der Waals surface area contributed by atoms with Crippen molar-refractivity contribution in [2.24, 2.45) is 0 Å². The van der Waals surface area contributed by atoms with Crippen LogP contribution < -0.4 is 0 Å². The topological polar surface area (TPSA) is 160 Å². The van der Waals surface area contributed by atoms with E-state index in [4.69, 9.17) is 5.11 Å². The van der Waals surface area contributed by atoms with Crippen molar-refractivity contribution in [3.63, 3.8) is 0 Å². The number of fused-ring (bicyclic) bond motifs is 6. The van der Waals surface area contributed by atoms with Crippen LogP contribution in [0.25, 0.3) is 39.0 Å². The number of aromatic carboxylic acids is 3. The average Bonchev–Trinajstić information content (AvgIpc) is 1.16. The van der Waals surface area contributed by atoms with E-state index in [-0.39, 0.29) is 38.1 Å². The lowest BCUT2D eigenvalue weighted by molar-refractivity contribution is 0.0681. The normalized spacial score (nSPS) is 18.0. The Bertz CT molecular complexity index is 4130. The van der Waals surface area contributed by atoms with Crippen LogP contribution in [0.15, 0.2) is 84.9 Å². The first-order valence-electron chi connectivity index (χ1n) is 29.3. The smallest absolute Gasteiger partial charge is 0.338 e. The zero-order valence-electron chi connectivity index (χ0n) is 51.6. The van der Waals surface area contributed by atoms with E-state index in [0.29, 0.717) is 33.5 Å². The fourth-order valence-corrected chi connectivity index (χ4v) is 13.6. The van der Waals surface area contributed by atoms with E-state index in [0.717, 1.165) is 60.2 Å². The molecule has 3 N–H and O–H groups in total. The van der Waals surface area contributed by atoms with Gasteiger partial charge in [-0.15, -0.1) is 5.10 Å². The van der Waals surface area contributed by atoms with E-state index >= 15 is 0 Å². The first-order chi connectivity index (χ1) is 39.0. The lowest BCUT2D eigenvalue weighted by Gasteiger charge is -2.42. The highest BCUT2D eigenvalue weighted by Gasteiger charge is 2.41. The van der Waals surface area contributed by atoms with E-state index in [2.05, 4.69) is 155 Å². The molecule has 8 aromatic rings. The van der Waals surface area contributed by atoms with Crippen molar-refractivity contribution in [2.45, 2.75) is 188 Å². The summed E-state index contributed by atoms with van der Waals surface area (Å²) in [5.74, 6) is -4.30. The predicted molar refractivity (Wildman–Crippen MR) is 329 cm³/mol. The first kappa shape index (κ1) is 59.4. The molecular weight excluding hydrogens is 1060 g/mol. The van der Waals surface area contributed by atoms with E-state index in [1.54, 1.807) is 10.7 Å². The summed E-state index contributed by atoms with van der Waals surface area (Å²) in [6, 6.07) is 24.2. The first-order valence-corrected chi connectivity index (χ1v) is 29.3. The average molecular weight is 1140 g/mol. The summed E-state index contributed by atoms with van der Waals surface area (Å²) in [4.78, 5) is 38.3. The molecule has 11 nitrogen and oxygen atoms in total. The van der Waals surface area contributed by atoms with E-state index in [1.165, 1.54) is 92.8 Å². The van der Waals surface area contributed by atoms with Crippen molar-refractivity contribution in [3.8, 4) is 11.4 Å². The van der Waals surface area contributed by atoms with Gasteiger partial charge in [-0.05, 0) is 214 Å². The molecule has 0 aliphatic heterocycles. The SMILES string of the molecule is Cc1cc2c(cc1-n1c(C)nc3cc(C(=O)O)c(F)cc31)C(C)(C)CCC2(C)C.Cc1cc2c(cc1-n1nnc3cc(C(=O)O)c(F)cc31)C(C)(C)CCC2(C)C.Cc1cc2c(cc1C1=CCc3cc(C(=O)O)ccc31)C(C)(C)CCC2(C)C. The third-order valence-electron chi connectivity index (χ3n) is 19.4. The molecule has 0 bridgehead atoms. The molecule has 438 valence electrons. The van der Waals surface area contributed by atoms with E-state index in [1.807, 2.05) is 30.5 Å². The molecule has 0 amide bonds. The van der Waals surface area contributed by atoms with Crippen molar-refractivity contribution < 1.29 is 38.5 Å². The number of carboxylic acid groups (broad SMARTS) is 3. The summed E-state index contributed by atoms with van der Waals surface area (Å²) in [7, 11) is 0. The van der Waals surface area contributed by atoms with Crippen LogP contribution >= 0.6 is 0 Å². The van der Waals surface area contributed by atoms with Crippen molar-refractivity contribution in [3.05, 3.63) is 186 Å². The molecule has 0 saturated heterocycles. The number of hydrogen-bond donors (Lipinski definition) is 3. The molecule has 2 aromatic heterocycles. The number of benzene rings is 6. The Kier molecular flexibility index (Phi) is 14.5. The van der Waals surface area contributed by atoms with Gasteiger partial charge in [-0.25, -0.2) is 32.8 Å². The Hall–Kier alpha value is -7.80. The molecular formula is C71H79F2N5O6. The van der Waals surface area contributed by atoms with Crippen LogP contribution in [0.3, 0.4) is 0 Å². The number of carboxylic acids is 3. The van der Waals surface area contributed by atoms with Crippen LogP contribution in [0.2, 0.25) is 0 Å². The molecule has 13 heteroatoms. The second kappa shape index (κ2) is 20.5. The summed E-state index contributed by atoms with van der Waals surface area (Å²) in [5, 5.41) is 35.9. The van der Waals surface area contributed by atoms with Gasteiger partial charge in [0.25, 0.3) is 0 Å². The number of aryl methyl sites for hydroxylation is 4. The highest BCUT2D eigenvalue weighted by molar-refractivity contribution is 5.95. The van der Waals surface area contributed by atoms with Gasteiger partial charge < -0.3 is 15.3 Å². The summed E-state index contributed by atoms with van der Waals surface area (Å²) in [6.07, 6.45) is 9.94. The van der Waals surface area contributed by atoms with Crippen LogP contribution in [0.5, 0.6) is 0 Å². The van der Waals surface area contributed by atoms with Gasteiger partial charge in [-0.2, -0.15) is 0 Å². The number of allylic oxidation sites excluding steroid dienone is 1. The van der Waals surface area contributed by atoms with Gasteiger partial charge in [0.2, 0.25) is 0 Å². The van der Waals surface area contributed by atoms with Crippen LogP contribution in [-0.4, -0.2) is 57.8 Å². The quantitative estimate of drug-likeness (QED) is 0.147. The number of aromatic nitrogens is 5. The third-order valence-corrected chi connectivity index (χ3v) is 19.4. The molecule has 4 aliphatic rings. The molecule has 0 saturated carbocycles. The Morgan fingerprint density at radius 1 is 0.476 bits per heavy atom. The fraction of sp³-hybridized carbons (Fsp3) is 0.408. The van der Waals surface area contributed by atoms with Crippen molar-refractivity contribution in [1.82, 2.24) is 24.5 Å². The summed E-state index contributed by atoms with van der Waals surface area (Å²) >= 11 is 0. The number of nitrogens with zero attached hydrogens (tertiary/aromatic N) is 5. The molecule has 84 heavy (non-hydrogen) atoms. The van der Waals surface area contributed by atoms with Gasteiger partial charge in [0.15, 0.2) is 0 Å². The minimum absolute atomic E-state index is 0.0332. The second-order valence-corrected chi connectivity index (χ2v) is 28.1. The third kappa shape index (κ3) is 10.3. The van der Waals surface area contributed by atoms with Crippen molar-refractivity contribution in [2.75, 3.05) is 0 Å². The van der Waals surface area contributed by atoms with Crippen LogP contribution in [0, 0.1) is 39.3 Å². The van der Waals surface area contributed by atoms with Gasteiger partial charge in [0.1, 0.15) is 23.0 Å². The zero-order valence-corrected chi connectivity index (χ0v) is 51.6. The van der Waals surface area contributed by atoms with Gasteiger partial charge >= 0.3 is 17.9 Å². The van der Waals surface area contributed by atoms with E-state index in [9.17, 15) is 33.4 Å². The van der Waals surface area contributed by atoms with Crippen LogP contribution in [-0.2, 0) is 38.9 Å². The van der Waals surface area contributed by atoms with Crippen molar-refractivity contribution in [1.29, 1.82) is 0 Å². The molecule has 6 aromatic carbocycles. The molecule has 12 rings (SSSR count). The second-order valence-electron chi connectivity index (χ2n) is 28.1.